The van der Waals surface area contributed by atoms with Crippen molar-refractivity contribution in [3.8, 4) is 0 Å². The standard InChI is InChI=1S/C14H23FN2/c1-2-9-16-10-5-11-17-12-8-13-6-3-4-7-14(13)15/h3-4,6-7,16-17H,2,5,8-12H2,1H3. The minimum atomic E-state index is -0.0982. The van der Waals surface area contributed by atoms with Gasteiger partial charge in [-0.05, 0) is 57.1 Å². The van der Waals surface area contributed by atoms with Gasteiger partial charge in [-0.1, -0.05) is 25.1 Å². The summed E-state index contributed by atoms with van der Waals surface area (Å²) in [5.41, 5.74) is 0.795. The van der Waals surface area contributed by atoms with Gasteiger partial charge in [0.15, 0.2) is 0 Å². The molecule has 0 heterocycles. The summed E-state index contributed by atoms with van der Waals surface area (Å²) in [5, 5.41) is 6.68. The summed E-state index contributed by atoms with van der Waals surface area (Å²) < 4.78 is 13.3. The second-order valence-electron chi connectivity index (χ2n) is 4.19. The number of rotatable bonds is 9. The molecule has 2 nitrogen and oxygen atoms in total. The highest BCUT2D eigenvalue weighted by molar-refractivity contribution is 5.17. The van der Waals surface area contributed by atoms with E-state index >= 15 is 0 Å². The van der Waals surface area contributed by atoms with Crippen molar-refractivity contribution in [3.63, 3.8) is 0 Å². The van der Waals surface area contributed by atoms with E-state index in [1.807, 2.05) is 12.1 Å². The molecule has 0 spiro atoms. The first-order valence-corrected chi connectivity index (χ1v) is 6.49. The Hall–Kier alpha value is -0.930. The van der Waals surface area contributed by atoms with E-state index in [2.05, 4.69) is 17.6 Å². The Morgan fingerprint density at radius 3 is 2.41 bits per heavy atom. The Bertz CT molecular complexity index is 302. The number of hydrogen-bond acceptors (Lipinski definition) is 2. The molecular formula is C14H23FN2. The summed E-state index contributed by atoms with van der Waals surface area (Å²) in [6.45, 7) is 6.15. The lowest BCUT2D eigenvalue weighted by Gasteiger charge is -2.06. The lowest BCUT2D eigenvalue weighted by atomic mass is 10.1. The first-order chi connectivity index (χ1) is 8.34. The van der Waals surface area contributed by atoms with E-state index in [9.17, 15) is 4.39 Å². The Labute approximate surface area is 104 Å². The van der Waals surface area contributed by atoms with Gasteiger partial charge in [-0.25, -0.2) is 4.39 Å². The van der Waals surface area contributed by atoms with Crippen LogP contribution in [-0.4, -0.2) is 26.2 Å². The molecule has 0 aliphatic heterocycles. The molecule has 1 aromatic rings. The monoisotopic (exact) mass is 238 g/mol. The molecule has 0 aliphatic rings. The van der Waals surface area contributed by atoms with Crippen molar-refractivity contribution >= 4 is 0 Å². The molecule has 17 heavy (non-hydrogen) atoms. The summed E-state index contributed by atoms with van der Waals surface area (Å²) in [6.07, 6.45) is 3.06. The van der Waals surface area contributed by atoms with Gasteiger partial charge < -0.3 is 10.6 Å². The normalized spacial score (nSPS) is 10.7. The molecule has 0 aromatic heterocycles. The van der Waals surface area contributed by atoms with Gasteiger partial charge in [0.25, 0.3) is 0 Å². The van der Waals surface area contributed by atoms with Crippen molar-refractivity contribution < 1.29 is 4.39 Å². The van der Waals surface area contributed by atoms with Gasteiger partial charge in [0, 0.05) is 0 Å². The van der Waals surface area contributed by atoms with Crippen LogP contribution in [0.5, 0.6) is 0 Å². The maximum absolute atomic E-state index is 13.3. The average molecular weight is 238 g/mol. The van der Waals surface area contributed by atoms with Gasteiger partial charge in [0.1, 0.15) is 5.82 Å². The first-order valence-electron chi connectivity index (χ1n) is 6.49. The van der Waals surface area contributed by atoms with E-state index in [4.69, 9.17) is 0 Å². The van der Waals surface area contributed by atoms with Gasteiger partial charge in [0.2, 0.25) is 0 Å². The molecule has 0 aliphatic carbocycles. The fraction of sp³-hybridized carbons (Fsp3) is 0.571. The van der Waals surface area contributed by atoms with Crippen molar-refractivity contribution in [1.29, 1.82) is 0 Å². The van der Waals surface area contributed by atoms with Crippen LogP contribution in [0.2, 0.25) is 0 Å². The summed E-state index contributed by atoms with van der Waals surface area (Å²) >= 11 is 0. The fourth-order valence-electron chi connectivity index (χ4n) is 1.69. The molecule has 96 valence electrons. The van der Waals surface area contributed by atoms with E-state index in [1.54, 1.807) is 6.07 Å². The number of hydrogen-bond donors (Lipinski definition) is 2. The van der Waals surface area contributed by atoms with E-state index in [0.717, 1.165) is 44.6 Å². The number of halogens is 1. The molecule has 0 atom stereocenters. The lowest BCUT2D eigenvalue weighted by Crippen LogP contribution is -2.24. The topological polar surface area (TPSA) is 24.1 Å². The Kier molecular flexibility index (Phi) is 7.60. The van der Waals surface area contributed by atoms with Crippen LogP contribution in [0.1, 0.15) is 25.3 Å². The van der Waals surface area contributed by atoms with Crippen LogP contribution in [0.4, 0.5) is 4.39 Å². The molecule has 0 saturated heterocycles. The van der Waals surface area contributed by atoms with Crippen LogP contribution in [-0.2, 0) is 6.42 Å². The molecule has 0 saturated carbocycles. The number of benzene rings is 1. The van der Waals surface area contributed by atoms with Crippen LogP contribution < -0.4 is 10.6 Å². The second kappa shape index (κ2) is 9.14. The van der Waals surface area contributed by atoms with Crippen molar-refractivity contribution in [2.24, 2.45) is 0 Å². The third-order valence-electron chi connectivity index (χ3n) is 2.66. The van der Waals surface area contributed by atoms with Crippen LogP contribution in [0.15, 0.2) is 24.3 Å². The average Bonchev–Trinajstić information content (AvgIpc) is 2.35. The molecular weight excluding hydrogens is 215 g/mol. The predicted molar refractivity (Wildman–Crippen MR) is 70.8 cm³/mol. The highest BCUT2D eigenvalue weighted by Crippen LogP contribution is 2.05. The zero-order chi connectivity index (χ0) is 12.3. The van der Waals surface area contributed by atoms with Gasteiger partial charge in [-0.15, -0.1) is 0 Å². The number of nitrogens with one attached hydrogen (secondary N) is 2. The maximum atomic E-state index is 13.3. The third-order valence-corrected chi connectivity index (χ3v) is 2.66. The van der Waals surface area contributed by atoms with Crippen LogP contribution >= 0.6 is 0 Å². The summed E-state index contributed by atoms with van der Waals surface area (Å²) in [4.78, 5) is 0. The predicted octanol–water partition coefficient (Wildman–Crippen LogP) is 2.35. The molecule has 1 rings (SSSR count). The second-order valence-corrected chi connectivity index (χ2v) is 4.19. The molecule has 0 radical (unpaired) electrons. The molecule has 0 bridgehead atoms. The Morgan fingerprint density at radius 1 is 1.00 bits per heavy atom. The molecule has 1 aromatic carbocycles. The molecule has 3 heteroatoms. The van der Waals surface area contributed by atoms with E-state index in [0.29, 0.717) is 0 Å². The highest BCUT2D eigenvalue weighted by Gasteiger charge is 1.99. The molecule has 0 fully saturated rings. The van der Waals surface area contributed by atoms with Crippen molar-refractivity contribution in [2.45, 2.75) is 26.2 Å². The van der Waals surface area contributed by atoms with Gasteiger partial charge in [-0.3, -0.25) is 0 Å². The lowest BCUT2D eigenvalue weighted by molar-refractivity contribution is 0.577. The van der Waals surface area contributed by atoms with Crippen molar-refractivity contribution in [1.82, 2.24) is 10.6 Å². The molecule has 2 N–H and O–H groups in total. The van der Waals surface area contributed by atoms with Gasteiger partial charge in [-0.2, -0.15) is 0 Å². The zero-order valence-corrected chi connectivity index (χ0v) is 10.6. The quantitative estimate of drug-likeness (QED) is 0.645. The van der Waals surface area contributed by atoms with Crippen molar-refractivity contribution in [2.75, 3.05) is 26.2 Å². The first kappa shape index (κ1) is 14.1. The minimum Gasteiger partial charge on any atom is -0.317 e. The summed E-state index contributed by atoms with van der Waals surface area (Å²) in [5.74, 6) is -0.0982. The van der Waals surface area contributed by atoms with Crippen LogP contribution in [0, 0.1) is 5.82 Å². The SMILES string of the molecule is CCCNCCCNCCc1ccccc1F. The smallest absolute Gasteiger partial charge is 0.126 e. The van der Waals surface area contributed by atoms with Crippen molar-refractivity contribution in [3.05, 3.63) is 35.6 Å². The largest absolute Gasteiger partial charge is 0.317 e. The fourth-order valence-corrected chi connectivity index (χ4v) is 1.69. The Morgan fingerprint density at radius 2 is 1.71 bits per heavy atom. The molecule has 0 unspecified atom stereocenters. The zero-order valence-electron chi connectivity index (χ0n) is 10.6. The third kappa shape index (κ3) is 6.39. The maximum Gasteiger partial charge on any atom is 0.126 e. The molecule has 0 amide bonds. The highest BCUT2D eigenvalue weighted by atomic mass is 19.1. The van der Waals surface area contributed by atoms with Gasteiger partial charge in [0.05, 0.1) is 0 Å². The Balaban J connectivity index is 1.99. The summed E-state index contributed by atoms with van der Waals surface area (Å²) in [7, 11) is 0. The van der Waals surface area contributed by atoms with E-state index in [-0.39, 0.29) is 5.82 Å². The van der Waals surface area contributed by atoms with E-state index < -0.39 is 0 Å². The minimum absolute atomic E-state index is 0.0982. The summed E-state index contributed by atoms with van der Waals surface area (Å²) in [6, 6.07) is 6.97. The van der Waals surface area contributed by atoms with Crippen LogP contribution in [0.3, 0.4) is 0 Å². The van der Waals surface area contributed by atoms with Gasteiger partial charge >= 0.3 is 0 Å². The van der Waals surface area contributed by atoms with Crippen LogP contribution in [0.25, 0.3) is 0 Å². The van der Waals surface area contributed by atoms with E-state index in [1.165, 1.54) is 12.5 Å².